The fraction of sp³-hybridized carbons (Fsp3) is 0.286. The van der Waals surface area contributed by atoms with E-state index in [4.69, 9.17) is 18.9 Å². The Balaban J connectivity index is 1.92. The molecule has 1 aliphatic rings. The Morgan fingerprint density at radius 1 is 1.18 bits per heavy atom. The van der Waals surface area contributed by atoms with Gasteiger partial charge in [-0.1, -0.05) is 23.5 Å². The number of benzene rings is 2. The zero-order valence-electron chi connectivity index (χ0n) is 22.1. The molecule has 0 bridgehead atoms. The van der Waals surface area contributed by atoms with Crippen molar-refractivity contribution < 1.29 is 28.5 Å². The van der Waals surface area contributed by atoms with Gasteiger partial charge in [0.15, 0.2) is 16.3 Å². The third-order valence-corrected chi connectivity index (χ3v) is 7.59. The number of thiazole rings is 1. The lowest BCUT2D eigenvalue weighted by molar-refractivity contribution is -0.139. The molecule has 9 nitrogen and oxygen atoms in total. The average molecular weight is 663 g/mol. The van der Waals surface area contributed by atoms with Crippen LogP contribution in [-0.2, 0) is 14.3 Å². The molecule has 2 heterocycles. The minimum absolute atomic E-state index is 0.189. The van der Waals surface area contributed by atoms with Gasteiger partial charge in [0.1, 0.15) is 5.75 Å². The van der Waals surface area contributed by atoms with Crippen LogP contribution in [0.2, 0.25) is 0 Å². The number of halogens is 1. The van der Waals surface area contributed by atoms with Crippen LogP contribution in [0, 0.1) is 3.57 Å². The number of aromatic nitrogens is 1. The van der Waals surface area contributed by atoms with Crippen LogP contribution in [0.15, 0.2) is 57.5 Å². The zero-order chi connectivity index (χ0) is 28.3. The van der Waals surface area contributed by atoms with Crippen molar-refractivity contribution in [3.63, 3.8) is 0 Å². The second-order valence-electron chi connectivity index (χ2n) is 8.44. The fourth-order valence-electron chi connectivity index (χ4n) is 4.25. The number of hydrogen-bond donors (Lipinski definition) is 0. The van der Waals surface area contributed by atoms with E-state index in [9.17, 15) is 14.4 Å². The van der Waals surface area contributed by atoms with Crippen molar-refractivity contribution in [3.05, 3.63) is 82.1 Å². The van der Waals surface area contributed by atoms with Crippen LogP contribution in [0.5, 0.6) is 17.2 Å². The van der Waals surface area contributed by atoms with Crippen LogP contribution in [-0.4, -0.2) is 36.8 Å². The maximum absolute atomic E-state index is 13.9. The second kappa shape index (κ2) is 12.2. The summed E-state index contributed by atoms with van der Waals surface area (Å²) in [5.74, 6) is 0.334. The average Bonchev–Trinajstić information content (AvgIpc) is 3.19. The zero-order valence-corrected chi connectivity index (χ0v) is 25.0. The number of nitrogens with zero attached hydrogens (tertiary/aromatic N) is 2. The van der Waals surface area contributed by atoms with Gasteiger partial charge in [0, 0.05) is 6.92 Å². The van der Waals surface area contributed by atoms with E-state index >= 15 is 0 Å². The van der Waals surface area contributed by atoms with Crippen molar-refractivity contribution in [2.24, 2.45) is 4.99 Å². The quantitative estimate of drug-likeness (QED) is 0.206. The van der Waals surface area contributed by atoms with E-state index in [-0.39, 0.29) is 12.2 Å². The second-order valence-corrected chi connectivity index (χ2v) is 10.6. The minimum atomic E-state index is -0.747. The molecule has 0 aliphatic carbocycles. The van der Waals surface area contributed by atoms with Crippen molar-refractivity contribution >= 4 is 51.9 Å². The van der Waals surface area contributed by atoms with Crippen LogP contribution in [0.25, 0.3) is 6.08 Å². The molecule has 1 atom stereocenters. The minimum Gasteiger partial charge on any atom is -0.497 e. The van der Waals surface area contributed by atoms with E-state index in [2.05, 4.69) is 27.6 Å². The molecule has 11 heteroatoms. The predicted octanol–water partition coefficient (Wildman–Crippen LogP) is 3.74. The highest BCUT2D eigenvalue weighted by molar-refractivity contribution is 14.1. The summed E-state index contributed by atoms with van der Waals surface area (Å²) in [4.78, 5) is 43.6. The van der Waals surface area contributed by atoms with Crippen molar-refractivity contribution in [2.45, 2.75) is 33.7 Å². The Morgan fingerprint density at radius 2 is 1.95 bits per heavy atom. The molecule has 0 fully saturated rings. The van der Waals surface area contributed by atoms with Crippen LogP contribution >= 0.6 is 33.9 Å². The molecule has 0 N–H and O–H groups in total. The van der Waals surface area contributed by atoms with Crippen molar-refractivity contribution in [2.75, 3.05) is 20.3 Å². The first-order chi connectivity index (χ1) is 18.7. The molecule has 204 valence electrons. The highest BCUT2D eigenvalue weighted by atomic mass is 127. The Kier molecular flexibility index (Phi) is 8.90. The first kappa shape index (κ1) is 28.6. The van der Waals surface area contributed by atoms with Crippen molar-refractivity contribution in [1.82, 2.24) is 4.57 Å². The molecule has 0 radical (unpaired) electrons. The number of rotatable bonds is 8. The normalized spacial score (nSPS) is 14.9. The Labute approximate surface area is 242 Å². The number of methoxy groups -OCH3 is 1. The summed E-state index contributed by atoms with van der Waals surface area (Å²) in [5, 5.41) is 0. The number of hydrogen-bond acceptors (Lipinski definition) is 9. The molecule has 0 spiro atoms. The maximum Gasteiger partial charge on any atom is 0.338 e. The third-order valence-electron chi connectivity index (χ3n) is 5.80. The van der Waals surface area contributed by atoms with E-state index < -0.39 is 18.0 Å². The van der Waals surface area contributed by atoms with E-state index in [1.54, 1.807) is 51.3 Å². The third kappa shape index (κ3) is 5.93. The van der Waals surface area contributed by atoms with Gasteiger partial charge in [-0.15, -0.1) is 0 Å². The molecule has 2 aromatic carbocycles. The molecule has 39 heavy (non-hydrogen) atoms. The number of fused-ring (bicyclic) bond motifs is 1. The van der Waals surface area contributed by atoms with Gasteiger partial charge in [0.05, 0.1) is 45.7 Å². The van der Waals surface area contributed by atoms with Gasteiger partial charge in [-0.3, -0.25) is 14.2 Å². The van der Waals surface area contributed by atoms with Crippen molar-refractivity contribution in [3.8, 4) is 17.2 Å². The van der Waals surface area contributed by atoms with Gasteiger partial charge in [0.2, 0.25) is 0 Å². The maximum atomic E-state index is 13.9. The highest BCUT2D eigenvalue weighted by Gasteiger charge is 2.33. The number of ether oxygens (including phenoxy) is 4. The monoisotopic (exact) mass is 662 g/mol. The molecule has 0 saturated carbocycles. The summed E-state index contributed by atoms with van der Waals surface area (Å²) >= 11 is 3.28. The Bertz CT molecular complexity index is 1650. The lowest BCUT2D eigenvalue weighted by atomic mass is 9.95. The smallest absolute Gasteiger partial charge is 0.338 e. The van der Waals surface area contributed by atoms with Gasteiger partial charge >= 0.3 is 11.9 Å². The summed E-state index contributed by atoms with van der Waals surface area (Å²) in [7, 11) is 1.56. The number of carbonyl (C=O) groups excluding carboxylic acids is 2. The van der Waals surface area contributed by atoms with Gasteiger partial charge in [-0.2, -0.15) is 0 Å². The summed E-state index contributed by atoms with van der Waals surface area (Å²) in [5.41, 5.74) is 1.84. The number of esters is 2. The largest absolute Gasteiger partial charge is 0.497 e. The van der Waals surface area contributed by atoms with Crippen LogP contribution in [0.3, 0.4) is 0 Å². The van der Waals surface area contributed by atoms with Gasteiger partial charge in [-0.05, 0) is 84.8 Å². The number of allylic oxidation sites excluding steroid dienone is 1. The molecular weight excluding hydrogens is 635 g/mol. The Hall–Kier alpha value is -3.45. The van der Waals surface area contributed by atoms with Gasteiger partial charge in [-0.25, -0.2) is 9.79 Å². The van der Waals surface area contributed by atoms with Crippen molar-refractivity contribution in [1.29, 1.82) is 0 Å². The van der Waals surface area contributed by atoms with E-state index in [0.717, 1.165) is 0 Å². The summed E-state index contributed by atoms with van der Waals surface area (Å²) in [6, 6.07) is 10.0. The highest BCUT2D eigenvalue weighted by Crippen LogP contribution is 2.35. The SMILES string of the molecule is CCOC(=O)C1=C(C)N=c2s/c(=C\c3cc(I)c(OC(C)=O)c(OCC)c3)c(=O)n2[C@H]1c1cccc(OC)c1. The summed E-state index contributed by atoms with van der Waals surface area (Å²) < 4.78 is 24.4. The molecule has 1 aliphatic heterocycles. The lowest BCUT2D eigenvalue weighted by Crippen LogP contribution is -2.39. The van der Waals surface area contributed by atoms with E-state index in [0.29, 0.717) is 59.2 Å². The summed E-state index contributed by atoms with van der Waals surface area (Å²) in [6.07, 6.45) is 1.73. The van der Waals surface area contributed by atoms with Crippen LogP contribution < -0.4 is 29.1 Å². The van der Waals surface area contributed by atoms with E-state index in [1.165, 1.54) is 22.8 Å². The molecule has 3 aromatic rings. The predicted molar refractivity (Wildman–Crippen MR) is 155 cm³/mol. The topological polar surface area (TPSA) is 105 Å². The first-order valence-corrected chi connectivity index (χ1v) is 14.1. The molecule has 0 saturated heterocycles. The molecule has 1 aromatic heterocycles. The molecule has 0 amide bonds. The lowest BCUT2D eigenvalue weighted by Gasteiger charge is -2.25. The molecular formula is C28H27IN2O7S. The standard InChI is InChI=1S/C28H27IN2O7S/c1-6-36-21-12-17(11-20(29)25(21)38-16(4)32)13-22-26(33)31-24(18-9-8-10-19(14-18)35-5)23(27(34)37-7-2)15(3)30-28(31)39-22/h8-14,24H,6-7H2,1-5H3/b22-13-/t24-/m0/s1. The van der Waals surface area contributed by atoms with Crippen LogP contribution in [0.1, 0.15) is 44.9 Å². The molecule has 4 rings (SSSR count). The van der Waals surface area contributed by atoms with E-state index in [1.807, 2.05) is 19.1 Å². The summed E-state index contributed by atoms with van der Waals surface area (Å²) in [6.45, 7) is 7.18. The fourth-order valence-corrected chi connectivity index (χ4v) is 6.03. The number of carbonyl (C=O) groups is 2. The first-order valence-electron chi connectivity index (χ1n) is 12.2. The van der Waals surface area contributed by atoms with Crippen LogP contribution in [0.4, 0.5) is 0 Å². The Morgan fingerprint density at radius 3 is 2.62 bits per heavy atom. The van der Waals surface area contributed by atoms with Gasteiger partial charge in [0.25, 0.3) is 5.56 Å². The van der Waals surface area contributed by atoms with Gasteiger partial charge < -0.3 is 18.9 Å². The molecule has 0 unspecified atom stereocenters.